The number of thiazole rings is 1. The second-order valence-electron chi connectivity index (χ2n) is 5.27. The molecule has 8 heteroatoms. The maximum atomic E-state index is 12.5. The highest BCUT2D eigenvalue weighted by atomic mass is 32.1. The van der Waals surface area contributed by atoms with Crippen molar-refractivity contribution in [2.45, 2.75) is 13.3 Å². The van der Waals surface area contributed by atoms with Gasteiger partial charge < -0.3 is 4.74 Å². The molecule has 1 aromatic heterocycles. The number of non-ortho nitro benzene ring substituents is 1. The molecule has 1 amide bonds. The quantitative estimate of drug-likeness (QED) is 0.549. The first-order chi connectivity index (χ1) is 12.0. The molecule has 25 heavy (non-hydrogen) atoms. The molecule has 0 bridgehead atoms. The van der Waals surface area contributed by atoms with Gasteiger partial charge in [0.15, 0.2) is 5.13 Å². The first-order valence-electron chi connectivity index (χ1n) is 7.55. The summed E-state index contributed by atoms with van der Waals surface area (Å²) in [7, 11) is 1.40. The lowest BCUT2D eigenvalue weighted by Gasteiger charge is -2.07. The number of amides is 1. The van der Waals surface area contributed by atoms with Crippen LogP contribution in [0.3, 0.4) is 0 Å². The van der Waals surface area contributed by atoms with Crippen molar-refractivity contribution in [2.75, 3.05) is 12.4 Å². The number of hydrogen-bond acceptors (Lipinski definition) is 6. The van der Waals surface area contributed by atoms with Crippen LogP contribution in [-0.4, -0.2) is 22.9 Å². The number of methoxy groups -OCH3 is 1. The number of ether oxygens (including phenoxy) is 1. The number of aryl methyl sites for hydroxylation is 1. The number of nitrogens with zero attached hydrogens (tertiary/aromatic N) is 2. The topological polar surface area (TPSA) is 94.4 Å². The highest BCUT2D eigenvalue weighted by Crippen LogP contribution is 2.29. The molecule has 0 atom stereocenters. The van der Waals surface area contributed by atoms with Gasteiger partial charge in [0, 0.05) is 12.1 Å². The van der Waals surface area contributed by atoms with Gasteiger partial charge in [0.05, 0.1) is 27.8 Å². The van der Waals surface area contributed by atoms with E-state index in [4.69, 9.17) is 4.74 Å². The number of fused-ring (bicyclic) bond motifs is 1. The Balaban J connectivity index is 1.91. The summed E-state index contributed by atoms with van der Waals surface area (Å²) >= 11 is 1.36. The standard InChI is InChI=1S/C17H15N3O4S/c1-3-10-4-6-13-15(8-10)25-17(18-13)19-16(21)12-9-11(20(22)23)5-7-14(12)24-2/h4-9H,3H2,1-2H3,(H,18,19,21). The Kier molecular flexibility index (Phi) is 4.62. The normalized spacial score (nSPS) is 10.6. The van der Waals surface area contributed by atoms with E-state index in [1.54, 1.807) is 0 Å². The first-order valence-corrected chi connectivity index (χ1v) is 8.36. The summed E-state index contributed by atoms with van der Waals surface area (Å²) in [5.74, 6) is -0.243. The lowest BCUT2D eigenvalue weighted by Crippen LogP contribution is -2.13. The second-order valence-corrected chi connectivity index (χ2v) is 6.30. The number of rotatable bonds is 5. The minimum Gasteiger partial charge on any atom is -0.496 e. The minimum atomic E-state index is -0.555. The summed E-state index contributed by atoms with van der Waals surface area (Å²) in [5.41, 5.74) is 1.89. The van der Waals surface area contributed by atoms with Crippen molar-refractivity contribution >= 4 is 38.3 Å². The van der Waals surface area contributed by atoms with Gasteiger partial charge in [0.1, 0.15) is 5.75 Å². The van der Waals surface area contributed by atoms with Gasteiger partial charge in [-0.15, -0.1) is 0 Å². The average Bonchev–Trinajstić information content (AvgIpc) is 3.01. The van der Waals surface area contributed by atoms with E-state index in [-0.39, 0.29) is 17.0 Å². The van der Waals surface area contributed by atoms with E-state index in [1.807, 2.05) is 18.2 Å². The fraction of sp³-hybridized carbons (Fsp3) is 0.176. The molecule has 2 aromatic carbocycles. The van der Waals surface area contributed by atoms with E-state index in [2.05, 4.69) is 17.2 Å². The van der Waals surface area contributed by atoms with E-state index < -0.39 is 10.8 Å². The van der Waals surface area contributed by atoms with Crippen LogP contribution in [0.4, 0.5) is 10.8 Å². The van der Waals surface area contributed by atoms with Crippen molar-refractivity contribution in [3.63, 3.8) is 0 Å². The van der Waals surface area contributed by atoms with E-state index in [0.29, 0.717) is 5.13 Å². The number of carbonyl (C=O) groups excluding carboxylic acids is 1. The number of nitro benzene ring substituents is 1. The molecule has 3 rings (SSSR count). The number of anilines is 1. The zero-order valence-electron chi connectivity index (χ0n) is 13.6. The van der Waals surface area contributed by atoms with Crippen LogP contribution < -0.4 is 10.1 Å². The van der Waals surface area contributed by atoms with Crippen LogP contribution in [0.25, 0.3) is 10.2 Å². The van der Waals surface area contributed by atoms with Crippen molar-refractivity contribution in [3.8, 4) is 5.75 Å². The van der Waals surface area contributed by atoms with Crippen LogP contribution in [-0.2, 0) is 6.42 Å². The van der Waals surface area contributed by atoms with Crippen LogP contribution in [0.5, 0.6) is 5.75 Å². The molecular weight excluding hydrogens is 342 g/mol. The number of hydrogen-bond donors (Lipinski definition) is 1. The summed E-state index contributed by atoms with van der Waals surface area (Å²) in [4.78, 5) is 27.3. The highest BCUT2D eigenvalue weighted by molar-refractivity contribution is 7.22. The lowest BCUT2D eigenvalue weighted by atomic mass is 10.1. The molecular formula is C17H15N3O4S. The molecule has 0 radical (unpaired) electrons. The Morgan fingerprint density at radius 1 is 1.32 bits per heavy atom. The van der Waals surface area contributed by atoms with E-state index in [9.17, 15) is 14.9 Å². The van der Waals surface area contributed by atoms with Gasteiger partial charge in [-0.3, -0.25) is 20.2 Å². The van der Waals surface area contributed by atoms with Gasteiger partial charge in [-0.25, -0.2) is 4.98 Å². The molecule has 0 aliphatic carbocycles. The minimum absolute atomic E-state index is 0.0882. The number of aromatic nitrogens is 1. The third-order valence-corrected chi connectivity index (χ3v) is 4.65. The molecule has 3 aromatic rings. The molecule has 0 saturated heterocycles. The largest absolute Gasteiger partial charge is 0.496 e. The number of nitrogens with one attached hydrogen (secondary N) is 1. The molecule has 1 N–H and O–H groups in total. The van der Waals surface area contributed by atoms with Crippen LogP contribution in [0.2, 0.25) is 0 Å². The molecule has 0 fully saturated rings. The predicted molar refractivity (Wildman–Crippen MR) is 96.6 cm³/mol. The molecule has 0 unspecified atom stereocenters. The van der Waals surface area contributed by atoms with E-state index in [1.165, 1.54) is 42.2 Å². The monoisotopic (exact) mass is 357 g/mol. The number of carbonyl (C=O) groups is 1. The first kappa shape index (κ1) is 16.8. The maximum absolute atomic E-state index is 12.5. The summed E-state index contributed by atoms with van der Waals surface area (Å²) in [6.07, 6.45) is 0.917. The van der Waals surface area contributed by atoms with Gasteiger partial charge in [-0.2, -0.15) is 0 Å². The third-order valence-electron chi connectivity index (χ3n) is 3.72. The molecule has 0 aliphatic heterocycles. The number of nitro groups is 1. The molecule has 0 aliphatic rings. The van der Waals surface area contributed by atoms with Crippen LogP contribution >= 0.6 is 11.3 Å². The average molecular weight is 357 g/mol. The molecule has 128 valence electrons. The molecule has 7 nitrogen and oxygen atoms in total. The fourth-order valence-electron chi connectivity index (χ4n) is 2.39. The molecule has 0 spiro atoms. The summed E-state index contributed by atoms with van der Waals surface area (Å²) in [5, 5.41) is 14.1. The van der Waals surface area contributed by atoms with Gasteiger partial charge in [-0.1, -0.05) is 24.3 Å². The zero-order chi connectivity index (χ0) is 18.0. The highest BCUT2D eigenvalue weighted by Gasteiger charge is 2.18. The van der Waals surface area contributed by atoms with Gasteiger partial charge in [0.2, 0.25) is 0 Å². The van der Waals surface area contributed by atoms with Gasteiger partial charge in [0.25, 0.3) is 11.6 Å². The molecule has 1 heterocycles. The summed E-state index contributed by atoms with van der Waals surface area (Å²) < 4.78 is 6.10. The van der Waals surface area contributed by atoms with Crippen molar-refractivity contribution in [1.29, 1.82) is 0 Å². The van der Waals surface area contributed by atoms with Crippen LogP contribution in [0.1, 0.15) is 22.8 Å². The Labute approximate surface area is 147 Å². The molecule has 0 saturated carbocycles. The maximum Gasteiger partial charge on any atom is 0.270 e. The van der Waals surface area contributed by atoms with Crippen LogP contribution in [0.15, 0.2) is 36.4 Å². The summed E-state index contributed by atoms with van der Waals surface area (Å²) in [6.45, 7) is 2.07. The predicted octanol–water partition coefficient (Wildman–Crippen LogP) is 4.03. The Morgan fingerprint density at radius 3 is 2.80 bits per heavy atom. The SMILES string of the molecule is CCc1ccc2nc(NC(=O)c3cc([N+](=O)[O-])ccc3OC)sc2c1. The third kappa shape index (κ3) is 3.43. The van der Waals surface area contributed by atoms with Crippen molar-refractivity contribution in [2.24, 2.45) is 0 Å². The fourth-order valence-corrected chi connectivity index (χ4v) is 3.32. The van der Waals surface area contributed by atoms with E-state index >= 15 is 0 Å². The smallest absolute Gasteiger partial charge is 0.270 e. The summed E-state index contributed by atoms with van der Waals surface area (Å²) in [6, 6.07) is 9.83. The Morgan fingerprint density at radius 2 is 2.12 bits per heavy atom. The second kappa shape index (κ2) is 6.86. The van der Waals surface area contributed by atoms with Gasteiger partial charge >= 0.3 is 0 Å². The lowest BCUT2D eigenvalue weighted by molar-refractivity contribution is -0.384. The van der Waals surface area contributed by atoms with Crippen molar-refractivity contribution < 1.29 is 14.5 Å². The van der Waals surface area contributed by atoms with Crippen molar-refractivity contribution in [1.82, 2.24) is 4.98 Å². The Bertz CT molecular complexity index is 968. The number of benzene rings is 2. The van der Waals surface area contributed by atoms with E-state index in [0.717, 1.165) is 16.6 Å². The van der Waals surface area contributed by atoms with Gasteiger partial charge in [-0.05, 0) is 30.2 Å². The Hall–Kier alpha value is -3.00. The van der Waals surface area contributed by atoms with Crippen LogP contribution in [0, 0.1) is 10.1 Å². The zero-order valence-corrected chi connectivity index (χ0v) is 14.4. The van der Waals surface area contributed by atoms with Crippen molar-refractivity contribution in [3.05, 3.63) is 57.6 Å².